The first-order valence-corrected chi connectivity index (χ1v) is 25.4. The highest BCUT2D eigenvalue weighted by Crippen LogP contribution is 2.20. The third kappa shape index (κ3) is 52.6. The minimum Gasteiger partial charge on any atom is -0.495 e. The number of unbranched alkanes of at least 4 members (excludes halogenated alkanes) is 21. The van der Waals surface area contributed by atoms with Crippen LogP contribution in [0.3, 0.4) is 0 Å². The highest BCUT2D eigenvalue weighted by molar-refractivity contribution is 5.78. The van der Waals surface area contributed by atoms with E-state index in [0.29, 0.717) is 51.0 Å². The van der Waals surface area contributed by atoms with Gasteiger partial charge in [-0.25, -0.2) is 0 Å². The average molecular weight is 823 g/mol. The lowest BCUT2D eigenvalue weighted by atomic mass is 9.90. The van der Waals surface area contributed by atoms with Crippen LogP contribution in [0.15, 0.2) is 12.3 Å². The van der Waals surface area contributed by atoms with Crippen LogP contribution in [0, 0.1) is 5.92 Å². The van der Waals surface area contributed by atoms with E-state index in [1.165, 1.54) is 135 Å². The van der Waals surface area contributed by atoms with Crippen LogP contribution in [0.5, 0.6) is 0 Å². The van der Waals surface area contributed by atoms with Crippen LogP contribution in [0.4, 0.5) is 0 Å². The van der Waals surface area contributed by atoms with Gasteiger partial charge in [0, 0.05) is 44.4 Å². The van der Waals surface area contributed by atoms with Crippen molar-refractivity contribution in [3.05, 3.63) is 12.3 Å². The Labute approximate surface area is 364 Å². The molecule has 6 heteroatoms. The first-order valence-electron chi connectivity index (χ1n) is 25.4. The molecule has 0 radical (unpaired) electrons. The van der Waals surface area contributed by atoms with E-state index in [2.05, 4.69) is 74.2 Å². The minimum absolute atomic E-state index is 0.0203. The number of hydrogen-bond donors (Lipinski definition) is 2. The predicted molar refractivity (Wildman–Crippen MR) is 257 cm³/mol. The van der Waals surface area contributed by atoms with Crippen molar-refractivity contribution < 1.29 is 19.1 Å². The summed E-state index contributed by atoms with van der Waals surface area (Å²) in [7, 11) is 0. The van der Waals surface area contributed by atoms with Gasteiger partial charge in [0.15, 0.2) is 0 Å². The van der Waals surface area contributed by atoms with Gasteiger partial charge in [0.1, 0.15) is 5.78 Å². The number of ether oxygens (including phenoxy) is 2. The molecule has 348 valence electrons. The molecular formula is C52H106N2O4. The van der Waals surface area contributed by atoms with Crippen LogP contribution >= 0.6 is 0 Å². The summed E-state index contributed by atoms with van der Waals surface area (Å²) in [4.78, 5) is 25.1. The molecule has 0 fully saturated rings. The highest BCUT2D eigenvalue weighted by atomic mass is 16.5. The molecule has 2 unspecified atom stereocenters. The highest BCUT2D eigenvalue weighted by Gasteiger charge is 2.17. The smallest absolute Gasteiger partial charge is 0.220 e. The van der Waals surface area contributed by atoms with Crippen LogP contribution in [0.1, 0.15) is 274 Å². The standard InChI is InChI=1S/C40H77NO4.C8H19N.C4H10/c1-5-8-10-12-14-16-18-20-22-24-26-28-37(4)45-39(32-33-40(43)41-34-36-44-35-7-3)31-30-38(42)29-27-25-23-21-19-17-15-13-11-9-6-2;1-5-8(4,9)6-7(2)3;1-3-4-2/h39H,4-36H2,1-3H3,(H,41,43);7H,5-6,9H2,1-4H3;3-4H2,1-2H3. The predicted octanol–water partition coefficient (Wildman–Crippen LogP) is 15.9. The van der Waals surface area contributed by atoms with Gasteiger partial charge in [0.2, 0.25) is 5.91 Å². The number of ketones is 1. The number of carbonyl (C=O) groups excluding carboxylic acids is 2. The van der Waals surface area contributed by atoms with Crippen molar-refractivity contribution in [3.8, 4) is 0 Å². The van der Waals surface area contributed by atoms with Gasteiger partial charge >= 0.3 is 0 Å². The van der Waals surface area contributed by atoms with Crippen LogP contribution in [0.25, 0.3) is 0 Å². The molecule has 0 spiro atoms. The SMILES string of the molecule is C=C(CCCCCCCCCCCCC)OC(CCC(=O)CCCCCCCCCCCCC)CCC(=O)NCCOCCC.CCC(C)(N)CC(C)C.CCCC. The number of rotatable bonds is 41. The second-order valence-electron chi connectivity index (χ2n) is 18.0. The lowest BCUT2D eigenvalue weighted by molar-refractivity contribution is -0.122. The van der Waals surface area contributed by atoms with Gasteiger partial charge in [-0.1, -0.05) is 203 Å². The fraction of sp³-hybridized carbons (Fsp3) is 0.923. The van der Waals surface area contributed by atoms with Crippen LogP contribution < -0.4 is 11.1 Å². The maximum atomic E-state index is 12.7. The zero-order chi connectivity index (χ0) is 44.0. The van der Waals surface area contributed by atoms with Crippen LogP contribution in [-0.2, 0) is 19.1 Å². The number of allylic oxidation sites excluding steroid dienone is 1. The third-order valence-corrected chi connectivity index (χ3v) is 11.0. The summed E-state index contributed by atoms with van der Waals surface area (Å²) in [6.45, 7) is 25.7. The number of amides is 1. The molecule has 0 bridgehead atoms. The molecule has 6 nitrogen and oxygen atoms in total. The minimum atomic E-state index is -0.131. The molecule has 0 aliphatic heterocycles. The Bertz CT molecular complexity index is 856. The quantitative estimate of drug-likeness (QED) is 0.0473. The summed E-state index contributed by atoms with van der Waals surface area (Å²) < 4.78 is 11.7. The monoisotopic (exact) mass is 823 g/mol. The van der Waals surface area contributed by atoms with Crippen molar-refractivity contribution in [1.82, 2.24) is 5.32 Å². The fourth-order valence-electron chi connectivity index (χ4n) is 6.94. The number of Topliss-reactive ketones (excluding diaryl/α,β-unsaturated/α-hetero) is 1. The zero-order valence-corrected chi connectivity index (χ0v) is 41.0. The molecule has 0 aromatic heterocycles. The molecule has 2 atom stereocenters. The van der Waals surface area contributed by atoms with E-state index in [1.807, 2.05) is 0 Å². The summed E-state index contributed by atoms with van der Waals surface area (Å²) in [5, 5.41) is 2.95. The lowest BCUT2D eigenvalue weighted by Gasteiger charge is -2.24. The Morgan fingerprint density at radius 1 is 0.569 bits per heavy atom. The van der Waals surface area contributed by atoms with E-state index in [0.717, 1.165) is 63.2 Å². The second-order valence-corrected chi connectivity index (χ2v) is 18.0. The lowest BCUT2D eigenvalue weighted by Crippen LogP contribution is -2.36. The van der Waals surface area contributed by atoms with Gasteiger partial charge in [-0.15, -0.1) is 0 Å². The van der Waals surface area contributed by atoms with Gasteiger partial charge in [-0.2, -0.15) is 0 Å². The van der Waals surface area contributed by atoms with Gasteiger partial charge < -0.3 is 20.5 Å². The van der Waals surface area contributed by atoms with E-state index in [-0.39, 0.29) is 17.6 Å². The largest absolute Gasteiger partial charge is 0.495 e. The van der Waals surface area contributed by atoms with Crippen molar-refractivity contribution in [2.75, 3.05) is 19.8 Å². The van der Waals surface area contributed by atoms with E-state index in [4.69, 9.17) is 15.2 Å². The van der Waals surface area contributed by atoms with Crippen molar-refractivity contribution in [3.63, 3.8) is 0 Å². The van der Waals surface area contributed by atoms with Gasteiger partial charge in [0.25, 0.3) is 0 Å². The van der Waals surface area contributed by atoms with Gasteiger partial charge in [-0.05, 0) is 57.8 Å². The van der Waals surface area contributed by atoms with Gasteiger partial charge in [0.05, 0.1) is 18.5 Å². The first-order chi connectivity index (χ1) is 27.9. The van der Waals surface area contributed by atoms with Crippen molar-refractivity contribution in [2.45, 2.75) is 286 Å². The molecule has 0 aliphatic rings. The molecule has 0 heterocycles. The Kier molecular flexibility index (Phi) is 50.7. The summed E-state index contributed by atoms with van der Waals surface area (Å²) in [5.74, 6) is 1.88. The van der Waals surface area contributed by atoms with Crippen LogP contribution in [-0.4, -0.2) is 43.1 Å². The normalized spacial score (nSPS) is 12.5. The molecule has 3 N–H and O–H groups in total. The van der Waals surface area contributed by atoms with E-state index < -0.39 is 0 Å². The first kappa shape index (κ1) is 60.9. The van der Waals surface area contributed by atoms with Crippen molar-refractivity contribution in [2.24, 2.45) is 11.7 Å². The summed E-state index contributed by atoms with van der Waals surface area (Å²) in [6, 6.07) is 0. The third-order valence-electron chi connectivity index (χ3n) is 11.0. The maximum Gasteiger partial charge on any atom is 0.220 e. The molecule has 58 heavy (non-hydrogen) atoms. The van der Waals surface area contributed by atoms with Crippen LogP contribution in [0.2, 0.25) is 0 Å². The number of nitrogens with two attached hydrogens (primary N) is 1. The molecule has 0 aromatic carbocycles. The maximum absolute atomic E-state index is 12.7. The second kappa shape index (κ2) is 48.3. The summed E-state index contributed by atoms with van der Waals surface area (Å²) >= 11 is 0. The topological polar surface area (TPSA) is 90.7 Å². The Balaban J connectivity index is -0.00000198. The number of nitrogens with one attached hydrogen (secondary N) is 1. The summed E-state index contributed by atoms with van der Waals surface area (Å²) in [6.07, 6.45) is 38.2. The summed E-state index contributed by atoms with van der Waals surface area (Å²) in [5.41, 5.74) is 5.98. The average Bonchev–Trinajstić information content (AvgIpc) is 3.19. The van der Waals surface area contributed by atoms with E-state index >= 15 is 0 Å². The Morgan fingerprint density at radius 2 is 1.00 bits per heavy atom. The number of carbonyl (C=O) groups is 2. The Morgan fingerprint density at radius 3 is 1.40 bits per heavy atom. The molecule has 0 aliphatic carbocycles. The molecule has 0 aromatic rings. The van der Waals surface area contributed by atoms with Crippen molar-refractivity contribution >= 4 is 11.7 Å². The molecular weight excluding hydrogens is 717 g/mol. The van der Waals surface area contributed by atoms with Crippen molar-refractivity contribution in [1.29, 1.82) is 0 Å². The Hall–Kier alpha value is -1.40. The van der Waals surface area contributed by atoms with Gasteiger partial charge in [-0.3, -0.25) is 9.59 Å². The zero-order valence-electron chi connectivity index (χ0n) is 41.0. The number of hydrogen-bond acceptors (Lipinski definition) is 5. The molecule has 0 saturated carbocycles. The molecule has 1 amide bonds. The van der Waals surface area contributed by atoms with E-state index in [1.54, 1.807) is 0 Å². The van der Waals surface area contributed by atoms with E-state index in [9.17, 15) is 9.59 Å². The fourth-order valence-corrected chi connectivity index (χ4v) is 6.94. The molecule has 0 rings (SSSR count). The molecule has 0 saturated heterocycles.